The Balaban J connectivity index is 0.000000166. The van der Waals surface area contributed by atoms with Crippen LogP contribution in [0.4, 0.5) is 0 Å². The van der Waals surface area contributed by atoms with Gasteiger partial charge in [0.1, 0.15) is 0 Å². The van der Waals surface area contributed by atoms with Crippen molar-refractivity contribution in [3.8, 4) is 0 Å². The van der Waals surface area contributed by atoms with Gasteiger partial charge in [0.15, 0.2) is 0 Å². The van der Waals surface area contributed by atoms with Crippen molar-refractivity contribution in [3.63, 3.8) is 0 Å². The van der Waals surface area contributed by atoms with E-state index in [1.54, 1.807) is 27.4 Å². The van der Waals surface area contributed by atoms with Crippen molar-refractivity contribution in [2.45, 2.75) is 84.5 Å². The van der Waals surface area contributed by atoms with E-state index < -0.39 is 0 Å². The molecule has 40 heavy (non-hydrogen) atoms. The minimum atomic E-state index is 0.203. The monoisotopic (exact) mass is 604 g/mol. The quantitative estimate of drug-likeness (QED) is 0.176. The van der Waals surface area contributed by atoms with E-state index in [1.807, 2.05) is 30.3 Å². The van der Waals surface area contributed by atoms with Crippen LogP contribution in [0.15, 0.2) is 103 Å². The van der Waals surface area contributed by atoms with Crippen LogP contribution >= 0.6 is 0 Å². The van der Waals surface area contributed by atoms with Crippen molar-refractivity contribution in [1.82, 2.24) is 0 Å². The molecule has 0 nitrogen and oxygen atoms in total. The fourth-order valence-electron chi connectivity index (χ4n) is 5.52. The van der Waals surface area contributed by atoms with Gasteiger partial charge in [0.05, 0.1) is 0 Å². The number of hydrogen-bond acceptors (Lipinski definition) is 0. The molecule has 0 atom stereocenters. The van der Waals surface area contributed by atoms with Gasteiger partial charge in [-0.05, 0) is 10.8 Å². The predicted octanol–water partition coefficient (Wildman–Crippen LogP) is 11.0. The number of hydrogen-bond donors (Lipinski definition) is 0. The van der Waals surface area contributed by atoms with Gasteiger partial charge in [0, 0.05) is 0 Å². The molecule has 0 spiro atoms. The molecule has 0 bridgehead atoms. The largest absolute Gasteiger partial charge is 0.214 e. The van der Waals surface area contributed by atoms with E-state index in [0.717, 1.165) is 5.92 Å². The van der Waals surface area contributed by atoms with Crippen LogP contribution < -0.4 is 0 Å². The van der Waals surface area contributed by atoms with E-state index in [2.05, 4.69) is 114 Å². The van der Waals surface area contributed by atoms with Crippen molar-refractivity contribution >= 4 is 24.8 Å². The normalized spacial score (nSPS) is 14.3. The first-order valence-electron chi connectivity index (χ1n) is 15.0. The summed E-state index contributed by atoms with van der Waals surface area (Å²) in [6, 6.07) is 37.1. The van der Waals surface area contributed by atoms with Gasteiger partial charge in [-0.25, -0.2) is 12.1 Å². The minimum absolute atomic E-state index is 0.203. The van der Waals surface area contributed by atoms with E-state index in [0.29, 0.717) is 0 Å². The molecule has 0 heterocycles. The summed E-state index contributed by atoms with van der Waals surface area (Å²) in [5, 5.41) is 5.48. The molecule has 0 radical (unpaired) electrons. The molecule has 1 saturated carbocycles. The first-order valence-corrected chi connectivity index (χ1v) is 16.2. The molecular weight excluding hydrogens is 560 g/mol. The average molecular weight is 606 g/mol. The molecule has 0 aliphatic heterocycles. The summed E-state index contributed by atoms with van der Waals surface area (Å²) in [4.78, 5) is 0. The van der Waals surface area contributed by atoms with Crippen LogP contribution in [0.25, 0.3) is 21.5 Å². The molecule has 0 aromatic heterocycles. The molecule has 6 rings (SSSR count). The van der Waals surface area contributed by atoms with E-state index in [4.69, 9.17) is 0 Å². The standard InChI is InChI=1S/C21H25.C13H16.C5H5.Zr/c1-20(2,3)16-7-9-18-14(12-16)11-15-13-17(21(4,5)6)8-10-19(15)18;1-3-7-12(8-4-1)11-13-9-5-2-6-10-13;1-2-4-5-3-1;/h7-13H,1-6H3;1,3-4,7-8,13H,2,5-6,9-10H2;1-5H;/q-1;;-1;+2. The van der Waals surface area contributed by atoms with Gasteiger partial charge < -0.3 is 0 Å². The van der Waals surface area contributed by atoms with Crippen LogP contribution in [0, 0.1) is 5.92 Å². The van der Waals surface area contributed by atoms with Gasteiger partial charge in [-0.3, -0.25) is 0 Å². The first kappa shape index (κ1) is 30.6. The number of fused-ring (bicyclic) bond motifs is 3. The molecule has 0 saturated heterocycles. The molecular formula is C39H46Zr. The summed E-state index contributed by atoms with van der Waals surface area (Å²) in [6.45, 7) is 13.6. The van der Waals surface area contributed by atoms with E-state index in [-0.39, 0.29) is 10.8 Å². The second-order valence-electron chi connectivity index (χ2n) is 13.3. The fraction of sp³-hybridized carbons (Fsp3) is 0.359. The zero-order valence-corrected chi connectivity index (χ0v) is 27.9. The van der Waals surface area contributed by atoms with Crippen LogP contribution in [-0.2, 0) is 35.1 Å². The van der Waals surface area contributed by atoms with Gasteiger partial charge >= 0.3 is 101 Å². The third-order valence-electron chi connectivity index (χ3n) is 8.09. The third-order valence-corrected chi connectivity index (χ3v) is 9.80. The Morgan fingerprint density at radius 2 is 1.15 bits per heavy atom. The molecule has 0 amide bonds. The zero-order valence-electron chi connectivity index (χ0n) is 25.4. The van der Waals surface area contributed by atoms with Crippen molar-refractivity contribution in [2.75, 3.05) is 0 Å². The predicted molar refractivity (Wildman–Crippen MR) is 174 cm³/mol. The number of rotatable bonds is 2. The second-order valence-corrected chi connectivity index (χ2v) is 14.6. The van der Waals surface area contributed by atoms with E-state index >= 15 is 0 Å². The minimum Gasteiger partial charge on any atom is -0.214 e. The van der Waals surface area contributed by atoms with Crippen LogP contribution in [-0.4, -0.2) is 3.21 Å². The SMILES string of the molecule is CC(C)(C)c1ccc2c(c1)[cH-]c1cc(C(C)(C)C)ccc12.[Zr+2]=[C](c1ccccc1)C1CCCCC1.c1cc[cH-]c1. The maximum Gasteiger partial charge on any atom is -0.172 e. The van der Waals surface area contributed by atoms with Crippen LogP contribution in [0.2, 0.25) is 0 Å². The molecule has 5 aromatic carbocycles. The summed E-state index contributed by atoms with van der Waals surface area (Å²) in [7, 11) is 0. The molecule has 1 heteroatoms. The zero-order chi connectivity index (χ0) is 28.8. The molecule has 0 N–H and O–H groups in total. The molecule has 0 unspecified atom stereocenters. The van der Waals surface area contributed by atoms with E-state index in [9.17, 15) is 0 Å². The summed E-state index contributed by atoms with van der Waals surface area (Å²) < 4.78 is 1.69. The topological polar surface area (TPSA) is 0 Å². The molecule has 206 valence electrons. The molecule has 1 fully saturated rings. The van der Waals surface area contributed by atoms with Crippen LogP contribution in [0.5, 0.6) is 0 Å². The Hall–Kier alpha value is -2.37. The third kappa shape index (κ3) is 8.10. The Morgan fingerprint density at radius 3 is 1.57 bits per heavy atom. The first-order chi connectivity index (χ1) is 19.0. The van der Waals surface area contributed by atoms with Crippen molar-refractivity contribution in [1.29, 1.82) is 0 Å². The van der Waals surface area contributed by atoms with Crippen LogP contribution in [0.1, 0.15) is 90.3 Å². The van der Waals surface area contributed by atoms with Gasteiger partial charge in [-0.2, -0.15) is 18.2 Å². The van der Waals surface area contributed by atoms with E-state index in [1.165, 1.54) is 70.3 Å². The summed E-state index contributed by atoms with van der Waals surface area (Å²) in [5.41, 5.74) is 4.70. The summed E-state index contributed by atoms with van der Waals surface area (Å²) in [6.07, 6.45) is 7.18. The van der Waals surface area contributed by atoms with Crippen molar-refractivity contribution in [2.24, 2.45) is 5.92 Å². The van der Waals surface area contributed by atoms with Gasteiger partial charge in [-0.15, -0.1) is 39.7 Å². The fourth-order valence-corrected chi connectivity index (χ4v) is 6.64. The summed E-state index contributed by atoms with van der Waals surface area (Å²) >= 11 is 1.61. The van der Waals surface area contributed by atoms with Gasteiger partial charge in [0.25, 0.3) is 0 Å². The smallest absolute Gasteiger partial charge is 0.172 e. The maximum atomic E-state index is 2.35. The molecule has 1 aliphatic carbocycles. The van der Waals surface area contributed by atoms with Gasteiger partial charge in [-0.1, -0.05) is 76.9 Å². The Labute approximate surface area is 257 Å². The molecule has 5 aromatic rings. The molecule has 1 aliphatic rings. The summed E-state index contributed by atoms with van der Waals surface area (Å²) in [5.74, 6) is 0.893. The number of benzene rings is 3. The second kappa shape index (κ2) is 13.5. The maximum absolute atomic E-state index is 2.35. The van der Waals surface area contributed by atoms with Crippen molar-refractivity contribution < 1.29 is 24.2 Å². The van der Waals surface area contributed by atoms with Crippen molar-refractivity contribution in [3.05, 3.63) is 120 Å². The Morgan fingerprint density at radius 1 is 0.650 bits per heavy atom. The van der Waals surface area contributed by atoms with Gasteiger partial charge in [0.2, 0.25) is 0 Å². The Kier molecular flexibility index (Phi) is 10.3. The average Bonchev–Trinajstić information content (AvgIpc) is 3.64. The van der Waals surface area contributed by atoms with Crippen LogP contribution in [0.3, 0.4) is 0 Å². The Bertz CT molecular complexity index is 1390.